The van der Waals surface area contributed by atoms with Gasteiger partial charge in [0.1, 0.15) is 11.5 Å². The summed E-state index contributed by atoms with van der Waals surface area (Å²) in [5.74, 6) is 2.60. The van der Waals surface area contributed by atoms with Gasteiger partial charge >= 0.3 is 0 Å². The smallest absolute Gasteiger partial charge is 0.239 e. The van der Waals surface area contributed by atoms with Crippen LogP contribution in [0.2, 0.25) is 0 Å². The maximum Gasteiger partial charge on any atom is 0.239 e. The molecule has 2 bridgehead atoms. The van der Waals surface area contributed by atoms with Crippen molar-refractivity contribution < 1.29 is 22.4 Å². The van der Waals surface area contributed by atoms with Gasteiger partial charge < -0.3 is 9.15 Å². The van der Waals surface area contributed by atoms with E-state index in [0.29, 0.717) is 24.8 Å². The Morgan fingerprint density at radius 3 is 2.70 bits per heavy atom. The number of fused-ring (bicyclic) bond motifs is 1. The highest BCUT2D eigenvalue weighted by Crippen LogP contribution is 2.70. The lowest BCUT2D eigenvalue weighted by atomic mass is 9.69. The van der Waals surface area contributed by atoms with Gasteiger partial charge in [-0.3, -0.25) is 4.79 Å². The van der Waals surface area contributed by atoms with E-state index in [1.165, 1.54) is 4.31 Å². The number of hydrogen-bond donors (Lipinski definition) is 0. The molecular weight excluding hydrogens is 560 g/mol. The second-order valence-corrected chi connectivity index (χ2v) is 15.7. The molecule has 228 valence electrons. The monoisotopic (exact) mass is 602 g/mol. The summed E-state index contributed by atoms with van der Waals surface area (Å²) < 4.78 is 40.5. The lowest BCUT2D eigenvalue weighted by molar-refractivity contribution is -0.134. The van der Waals surface area contributed by atoms with Crippen LogP contribution in [0.25, 0.3) is 11.5 Å². The molecule has 2 aromatic carbocycles. The molecule has 8 heteroatoms. The zero-order valence-corrected chi connectivity index (χ0v) is 26.2. The van der Waals surface area contributed by atoms with E-state index < -0.39 is 10.0 Å². The normalized spacial score (nSPS) is 30.1. The average Bonchev–Trinajstić information content (AvgIpc) is 3.74. The van der Waals surface area contributed by atoms with Crippen molar-refractivity contribution in [2.24, 2.45) is 28.6 Å². The minimum atomic E-state index is -3.60. The van der Waals surface area contributed by atoms with Crippen LogP contribution in [0, 0.1) is 35.5 Å². The van der Waals surface area contributed by atoms with Crippen LogP contribution in [-0.2, 0) is 27.7 Å². The summed E-state index contributed by atoms with van der Waals surface area (Å²) in [6.45, 7) is 6.87. The van der Waals surface area contributed by atoms with Crippen LogP contribution in [0.5, 0.6) is 5.75 Å². The lowest BCUT2D eigenvalue weighted by Gasteiger charge is -2.37. The van der Waals surface area contributed by atoms with E-state index in [4.69, 9.17) is 9.15 Å². The molecule has 5 atom stereocenters. The summed E-state index contributed by atoms with van der Waals surface area (Å²) in [5.41, 5.74) is 2.65. The van der Waals surface area contributed by atoms with Crippen LogP contribution in [0.4, 0.5) is 0 Å². The number of aromatic nitrogens is 1. The number of amides is 1. The van der Waals surface area contributed by atoms with E-state index >= 15 is 0 Å². The van der Waals surface area contributed by atoms with Gasteiger partial charge in [-0.05, 0) is 92.5 Å². The Morgan fingerprint density at radius 1 is 1.09 bits per heavy atom. The van der Waals surface area contributed by atoms with Gasteiger partial charge in [-0.15, -0.1) is 0 Å². The van der Waals surface area contributed by atoms with Gasteiger partial charge in [0.2, 0.25) is 21.8 Å². The molecule has 3 saturated carbocycles. The second-order valence-electron chi connectivity index (χ2n) is 13.9. The molecule has 1 saturated heterocycles. The molecule has 1 unspecified atom stereocenters. The predicted octanol–water partition coefficient (Wildman–Crippen LogP) is 6.60. The van der Waals surface area contributed by atoms with Gasteiger partial charge in [0, 0.05) is 23.3 Å². The molecule has 7 nitrogen and oxygen atoms in total. The Balaban J connectivity index is 1.00. The zero-order valence-electron chi connectivity index (χ0n) is 25.4. The molecule has 43 heavy (non-hydrogen) atoms. The fourth-order valence-corrected chi connectivity index (χ4v) is 11.6. The molecule has 4 aliphatic rings. The Morgan fingerprint density at radius 2 is 1.91 bits per heavy atom. The van der Waals surface area contributed by atoms with E-state index in [1.807, 2.05) is 49.4 Å². The van der Waals surface area contributed by atoms with E-state index in [-0.39, 0.29) is 40.4 Å². The number of nitrogens with zero attached hydrogens (tertiary/aromatic N) is 2. The number of aryl methyl sites for hydroxylation is 1. The largest absolute Gasteiger partial charge is 0.493 e. The fraction of sp³-hybridized carbons (Fsp3) is 0.543. The molecule has 0 N–H and O–H groups in total. The fourth-order valence-electron chi connectivity index (χ4n) is 9.04. The first-order valence-corrected chi connectivity index (χ1v) is 17.5. The van der Waals surface area contributed by atoms with Crippen molar-refractivity contribution in [3.05, 3.63) is 71.6 Å². The first-order chi connectivity index (χ1) is 20.6. The molecule has 2 heterocycles. The van der Waals surface area contributed by atoms with Gasteiger partial charge in [-0.2, -0.15) is 0 Å². The number of ether oxygens (including phenoxy) is 1. The van der Waals surface area contributed by atoms with Gasteiger partial charge in [-0.1, -0.05) is 50.6 Å². The highest BCUT2D eigenvalue weighted by atomic mass is 32.2. The van der Waals surface area contributed by atoms with Crippen molar-refractivity contribution >= 4 is 15.9 Å². The number of benzene rings is 2. The number of carbonyl (C=O) groups excluding carboxylic acids is 1. The van der Waals surface area contributed by atoms with Crippen molar-refractivity contribution in [1.29, 1.82) is 0 Å². The van der Waals surface area contributed by atoms with E-state index in [2.05, 4.69) is 31.0 Å². The topological polar surface area (TPSA) is 89.7 Å². The van der Waals surface area contributed by atoms with Gasteiger partial charge in [0.05, 0.1) is 24.1 Å². The maximum absolute atomic E-state index is 14.1. The third-order valence-electron chi connectivity index (χ3n) is 11.5. The van der Waals surface area contributed by atoms with Crippen LogP contribution >= 0.6 is 0 Å². The quantitative estimate of drug-likeness (QED) is 0.289. The van der Waals surface area contributed by atoms with Crippen LogP contribution in [-0.4, -0.2) is 42.0 Å². The van der Waals surface area contributed by atoms with Gasteiger partial charge in [-0.25, -0.2) is 17.7 Å². The summed E-state index contributed by atoms with van der Waals surface area (Å²) in [4.78, 5) is 18.7. The molecule has 4 fully saturated rings. The molecule has 3 aliphatic carbocycles. The number of oxazole rings is 1. The Hall–Kier alpha value is -3.13. The summed E-state index contributed by atoms with van der Waals surface area (Å²) in [5, 5.41) is 0. The van der Waals surface area contributed by atoms with E-state index in [9.17, 15) is 13.2 Å². The first kappa shape index (κ1) is 28.6. The number of rotatable bonds is 8. The maximum atomic E-state index is 14.1. The van der Waals surface area contributed by atoms with E-state index in [1.54, 1.807) is 0 Å². The van der Waals surface area contributed by atoms with Gasteiger partial charge in [0.15, 0.2) is 0 Å². The van der Waals surface area contributed by atoms with Crippen molar-refractivity contribution in [2.45, 2.75) is 78.2 Å². The Labute approximate surface area is 255 Å². The SMILES string of the molecule is Cc1oc(-c2ccccc2)nc1CCOc1cccc(C[C@H]2CCC[C@H]2C(=O)N2[C@@H]3CC4CC[C@]3(CS2(=O)=O)C4(C)C)c1. The Bertz CT molecular complexity index is 1630. The third kappa shape index (κ3) is 4.71. The van der Waals surface area contributed by atoms with Crippen LogP contribution in [0.15, 0.2) is 59.0 Å². The summed E-state index contributed by atoms with van der Waals surface area (Å²) in [6.07, 6.45) is 6.87. The molecule has 0 radical (unpaired) electrons. The molecule has 1 aliphatic heterocycles. The standard InChI is InChI=1S/C35H42N2O5S/c1-23-30(36-32(42-23)25-10-5-4-6-11-25)16-18-41-28-13-7-9-24(20-28)19-26-12-8-14-29(26)33(38)37-31-21-27-15-17-35(31,34(27,2)3)22-43(37,39)40/h4-7,9-11,13,20,26-27,29,31H,8,12,14-19,21-22H2,1-3H3/t26-,27?,29-,31-,35-/m1/s1. The van der Waals surface area contributed by atoms with Crippen molar-refractivity contribution in [3.63, 3.8) is 0 Å². The van der Waals surface area contributed by atoms with Crippen LogP contribution in [0.3, 0.4) is 0 Å². The molecule has 1 aromatic heterocycles. The number of hydrogen-bond acceptors (Lipinski definition) is 6. The molecule has 7 rings (SSSR count). The molecular formula is C35H42N2O5S. The molecule has 1 spiro atoms. The Kier molecular flexibility index (Phi) is 6.99. The van der Waals surface area contributed by atoms with E-state index in [0.717, 1.165) is 73.3 Å². The highest BCUT2D eigenvalue weighted by molar-refractivity contribution is 7.90. The average molecular weight is 603 g/mol. The van der Waals surface area contributed by atoms with Crippen LogP contribution < -0.4 is 4.74 Å². The summed E-state index contributed by atoms with van der Waals surface area (Å²) in [7, 11) is -3.60. The first-order valence-electron chi connectivity index (χ1n) is 15.9. The highest BCUT2D eigenvalue weighted by Gasteiger charge is 2.72. The molecule has 1 amide bonds. The summed E-state index contributed by atoms with van der Waals surface area (Å²) in [6, 6.07) is 17.8. The zero-order chi connectivity index (χ0) is 30.0. The van der Waals surface area contributed by atoms with Crippen LogP contribution in [0.1, 0.15) is 69.4 Å². The second kappa shape index (κ2) is 10.5. The van der Waals surface area contributed by atoms with Crippen molar-refractivity contribution in [1.82, 2.24) is 9.29 Å². The number of carbonyl (C=O) groups is 1. The minimum Gasteiger partial charge on any atom is -0.493 e. The number of sulfonamides is 1. The van der Waals surface area contributed by atoms with Gasteiger partial charge in [0.25, 0.3) is 0 Å². The lowest BCUT2D eigenvalue weighted by Crippen LogP contribution is -2.47. The molecule has 3 aromatic rings. The minimum absolute atomic E-state index is 0.0359. The van der Waals surface area contributed by atoms with Crippen molar-refractivity contribution in [3.8, 4) is 17.2 Å². The summed E-state index contributed by atoms with van der Waals surface area (Å²) >= 11 is 0. The third-order valence-corrected chi connectivity index (χ3v) is 13.4. The predicted molar refractivity (Wildman–Crippen MR) is 165 cm³/mol. The van der Waals surface area contributed by atoms with Crippen molar-refractivity contribution in [2.75, 3.05) is 12.4 Å².